The Labute approximate surface area is 259 Å². The molecule has 4 aromatic carbocycles. The molecule has 0 atom stereocenters. The molecule has 0 spiro atoms. The highest BCUT2D eigenvalue weighted by atomic mass is 35.5. The molecule has 0 aromatic heterocycles. The molecule has 0 fully saturated rings. The van der Waals surface area contributed by atoms with Crippen molar-refractivity contribution in [1.29, 1.82) is 0 Å². The van der Waals surface area contributed by atoms with Crippen LogP contribution in [0.1, 0.15) is 22.3 Å². The van der Waals surface area contributed by atoms with Gasteiger partial charge in [0.2, 0.25) is 0 Å². The van der Waals surface area contributed by atoms with Crippen LogP contribution in [0.5, 0.6) is 0 Å². The second-order valence-electron chi connectivity index (χ2n) is 8.77. The summed E-state index contributed by atoms with van der Waals surface area (Å²) in [5, 5.41) is -0.0863. The van der Waals surface area contributed by atoms with Crippen LogP contribution in [-0.4, -0.2) is 16.6 Å². The van der Waals surface area contributed by atoms with Crippen molar-refractivity contribution in [3.05, 3.63) is 127 Å². The zero-order valence-electron chi connectivity index (χ0n) is 20.8. The molecule has 42 heavy (non-hydrogen) atoms. The van der Waals surface area contributed by atoms with E-state index < -0.39 is 34.3 Å². The number of rotatable bonds is 6. The Morgan fingerprint density at radius 2 is 0.857 bits per heavy atom. The molecule has 4 rings (SSSR count). The Morgan fingerprint density at radius 1 is 0.548 bits per heavy atom. The average molecular weight is 680 g/mol. The minimum absolute atomic E-state index is 0.0216. The minimum Gasteiger partial charge on any atom is -0.249 e. The molecule has 0 N–H and O–H groups in total. The van der Waals surface area contributed by atoms with Crippen LogP contribution in [0, 0.1) is 0 Å². The lowest BCUT2D eigenvalue weighted by Gasteiger charge is -2.16. The van der Waals surface area contributed by atoms with Gasteiger partial charge in [0, 0.05) is 20.1 Å². The van der Waals surface area contributed by atoms with E-state index in [1.54, 1.807) is 0 Å². The van der Waals surface area contributed by atoms with Crippen molar-refractivity contribution in [1.82, 2.24) is 0 Å². The summed E-state index contributed by atoms with van der Waals surface area (Å²) in [6, 6.07) is 18.0. The van der Waals surface area contributed by atoms with Crippen LogP contribution in [0.2, 0.25) is 20.1 Å². The maximum atomic E-state index is 14.2. The number of allylic oxidation sites excluding steroid dienone is 2. The van der Waals surface area contributed by atoms with E-state index in [1.807, 2.05) is 0 Å². The predicted molar refractivity (Wildman–Crippen MR) is 158 cm³/mol. The van der Waals surface area contributed by atoms with Gasteiger partial charge in [-0.2, -0.15) is 26.3 Å². The fraction of sp³-hybridized carbons (Fsp3) is 0.0667. The fourth-order valence-corrected chi connectivity index (χ4v) is 6.42. The van der Waals surface area contributed by atoms with Gasteiger partial charge in [-0.1, -0.05) is 82.8 Å². The molecule has 4 aromatic rings. The molecule has 0 bridgehead atoms. The summed E-state index contributed by atoms with van der Waals surface area (Å²) in [6.07, 6.45) is -8.13. The van der Waals surface area contributed by atoms with Crippen LogP contribution in [0.15, 0.2) is 94.7 Å². The molecule has 1 nitrogen and oxygen atoms in total. The summed E-state index contributed by atoms with van der Waals surface area (Å²) in [6.45, 7) is 0. The summed E-state index contributed by atoms with van der Waals surface area (Å²) < 4.78 is 99.0. The highest BCUT2D eigenvalue weighted by molar-refractivity contribution is 7.85. The van der Waals surface area contributed by atoms with E-state index >= 15 is 0 Å². The first-order valence-corrected chi connectivity index (χ1v) is 14.4. The zero-order chi connectivity index (χ0) is 30.8. The Bertz CT molecular complexity index is 1560. The molecule has 0 aliphatic carbocycles. The Balaban J connectivity index is 1.88. The van der Waals surface area contributed by atoms with Gasteiger partial charge in [0.15, 0.2) is 0 Å². The molecule has 0 saturated heterocycles. The van der Waals surface area contributed by atoms with Gasteiger partial charge in [0.25, 0.3) is 0 Å². The second kappa shape index (κ2) is 12.9. The fourth-order valence-electron chi connectivity index (χ4n) is 4.04. The lowest BCUT2D eigenvalue weighted by molar-refractivity contribution is -0.0692. The monoisotopic (exact) mass is 678 g/mol. The van der Waals surface area contributed by atoms with Gasteiger partial charge in [-0.15, -0.1) is 0 Å². The molecular weight excluding hydrogens is 664 g/mol. The van der Waals surface area contributed by atoms with Crippen molar-refractivity contribution in [3.8, 4) is 0 Å². The Hall–Kier alpha value is -2.75. The van der Waals surface area contributed by atoms with Crippen LogP contribution >= 0.6 is 46.4 Å². The lowest BCUT2D eigenvalue weighted by atomic mass is 10.0. The third-order valence-corrected chi connectivity index (χ3v) is 8.21. The van der Waals surface area contributed by atoms with E-state index in [2.05, 4.69) is 0 Å². The van der Waals surface area contributed by atoms with E-state index in [-0.39, 0.29) is 52.1 Å². The highest BCUT2D eigenvalue weighted by Crippen LogP contribution is 2.40. The first-order valence-electron chi connectivity index (χ1n) is 11.7. The van der Waals surface area contributed by atoms with Crippen molar-refractivity contribution in [2.45, 2.75) is 22.1 Å². The molecule has 218 valence electrons. The van der Waals surface area contributed by atoms with Crippen molar-refractivity contribution in [2.24, 2.45) is 0 Å². The van der Waals surface area contributed by atoms with E-state index in [4.69, 9.17) is 46.4 Å². The second-order valence-corrected chi connectivity index (χ2v) is 11.9. The summed E-state index contributed by atoms with van der Waals surface area (Å²) in [4.78, 5) is -0.125. The highest BCUT2D eigenvalue weighted by Gasteiger charge is 2.36. The smallest absolute Gasteiger partial charge is 0.249 e. The number of hydrogen-bond donors (Lipinski definition) is 0. The minimum atomic E-state index is -4.86. The average Bonchev–Trinajstić information content (AvgIpc) is 2.88. The lowest BCUT2D eigenvalue weighted by Crippen LogP contribution is -2.11. The molecule has 0 saturated carbocycles. The molecule has 0 heterocycles. The summed E-state index contributed by atoms with van der Waals surface area (Å²) >= 11 is 23.7. The van der Waals surface area contributed by atoms with Crippen molar-refractivity contribution < 1.29 is 30.6 Å². The van der Waals surface area contributed by atoms with E-state index in [1.165, 1.54) is 60.7 Å². The summed E-state index contributed by atoms with van der Waals surface area (Å²) in [7, 11) is -2.21. The molecule has 0 aliphatic heterocycles. The van der Waals surface area contributed by atoms with Crippen molar-refractivity contribution in [3.63, 3.8) is 0 Å². The van der Waals surface area contributed by atoms with Gasteiger partial charge in [-0.3, -0.25) is 0 Å². The topological polar surface area (TPSA) is 17.1 Å². The standard InChI is InChI=1S/C30H16Cl4F6OS/c31-21-9-19(10-22(32)15-21)25(29(35,36)37)13-17-5-1-3-7-27(17)42(41)28-8-4-2-6-18(28)14-26(30(38,39)40)20-11-23(33)16-24(34)12-20/h1-16H/b25-13+,26-14+. The van der Waals surface area contributed by atoms with Crippen LogP contribution < -0.4 is 0 Å². The first kappa shape index (κ1) is 32.2. The maximum Gasteiger partial charge on any atom is 0.417 e. The Kier molecular flexibility index (Phi) is 9.85. The number of halogens is 10. The molecular formula is C30H16Cl4F6OS. The van der Waals surface area contributed by atoms with Gasteiger partial charge < -0.3 is 0 Å². The molecule has 0 aliphatic rings. The molecule has 0 amide bonds. The zero-order valence-corrected chi connectivity index (χ0v) is 24.7. The predicted octanol–water partition coefficient (Wildman–Crippen LogP) is 11.7. The first-order chi connectivity index (χ1) is 19.6. The van der Waals surface area contributed by atoms with Crippen molar-refractivity contribution in [2.75, 3.05) is 0 Å². The summed E-state index contributed by atoms with van der Waals surface area (Å²) in [5.74, 6) is 0. The normalized spacial score (nSPS) is 13.1. The van der Waals surface area contributed by atoms with Crippen LogP contribution in [-0.2, 0) is 10.8 Å². The molecule has 0 unspecified atom stereocenters. The largest absolute Gasteiger partial charge is 0.417 e. The van der Waals surface area contributed by atoms with Gasteiger partial charge in [-0.25, -0.2) is 4.21 Å². The summed E-state index contributed by atoms with van der Waals surface area (Å²) in [5.41, 5.74) is -3.01. The number of alkyl halides is 6. The SMILES string of the molecule is O=S(c1ccccc1/C=C(\c1cc(Cl)cc(Cl)c1)C(F)(F)F)c1ccccc1/C=C(\c1cc(Cl)cc(Cl)c1)C(F)(F)F. The van der Waals surface area contributed by atoms with Crippen LogP contribution in [0.4, 0.5) is 26.3 Å². The van der Waals surface area contributed by atoms with Gasteiger partial charge >= 0.3 is 12.4 Å². The van der Waals surface area contributed by atoms with Gasteiger partial charge in [-0.05, 0) is 82.9 Å². The third kappa shape index (κ3) is 7.79. The third-order valence-electron chi connectivity index (χ3n) is 5.80. The van der Waals surface area contributed by atoms with Gasteiger partial charge in [0.05, 0.1) is 31.7 Å². The van der Waals surface area contributed by atoms with Crippen molar-refractivity contribution >= 4 is 80.5 Å². The molecule has 12 heteroatoms. The van der Waals surface area contributed by atoms with E-state index in [9.17, 15) is 30.6 Å². The molecule has 0 radical (unpaired) electrons. The quantitative estimate of drug-likeness (QED) is 0.146. The van der Waals surface area contributed by atoms with Crippen LogP contribution in [0.25, 0.3) is 23.3 Å². The van der Waals surface area contributed by atoms with Gasteiger partial charge in [0.1, 0.15) is 0 Å². The van der Waals surface area contributed by atoms with Crippen LogP contribution in [0.3, 0.4) is 0 Å². The number of benzene rings is 4. The Morgan fingerprint density at radius 3 is 1.17 bits per heavy atom. The maximum absolute atomic E-state index is 14.2. The van der Waals surface area contributed by atoms with E-state index in [0.29, 0.717) is 0 Å². The number of hydrogen-bond acceptors (Lipinski definition) is 1. The van der Waals surface area contributed by atoms with E-state index in [0.717, 1.165) is 36.4 Å².